The van der Waals surface area contributed by atoms with Crippen LogP contribution in [0.15, 0.2) is 60.8 Å². The molecule has 1 aliphatic rings. The first-order valence-electron chi connectivity index (χ1n) is 9.03. The molecular formula is C22H22N4. The highest BCUT2D eigenvalue weighted by Gasteiger charge is 2.27. The van der Waals surface area contributed by atoms with Crippen molar-refractivity contribution in [3.8, 4) is 23.0 Å². The van der Waals surface area contributed by atoms with Crippen LogP contribution in [0, 0.1) is 24.2 Å². The van der Waals surface area contributed by atoms with Crippen LogP contribution in [0.25, 0.3) is 16.9 Å². The van der Waals surface area contributed by atoms with Crippen LogP contribution in [0.2, 0.25) is 0 Å². The Kier molecular flexibility index (Phi) is 4.55. The molecule has 3 aromatic rings. The number of benzene rings is 2. The van der Waals surface area contributed by atoms with Gasteiger partial charge in [-0.1, -0.05) is 48.0 Å². The zero-order valence-corrected chi connectivity index (χ0v) is 15.0. The van der Waals surface area contributed by atoms with Crippen molar-refractivity contribution in [2.24, 2.45) is 5.92 Å². The number of aromatic nitrogens is 2. The van der Waals surface area contributed by atoms with Crippen LogP contribution in [-0.2, 0) is 6.54 Å². The molecule has 0 unspecified atom stereocenters. The highest BCUT2D eigenvalue weighted by atomic mass is 15.3. The Bertz CT molecular complexity index is 913. The lowest BCUT2D eigenvalue weighted by molar-refractivity contribution is 0.0956. The lowest BCUT2D eigenvalue weighted by atomic mass is 9.96. The molecule has 4 rings (SSSR count). The maximum Gasteiger partial charge on any atom is 0.0972 e. The zero-order valence-electron chi connectivity index (χ0n) is 15.0. The number of rotatable bonds is 5. The Balaban J connectivity index is 1.64. The fraction of sp³-hybridized carbons (Fsp3) is 0.273. The second-order valence-electron chi connectivity index (χ2n) is 7.07. The van der Waals surface area contributed by atoms with E-state index in [0.29, 0.717) is 12.3 Å². The molecular weight excluding hydrogens is 320 g/mol. The molecule has 0 bridgehead atoms. The summed E-state index contributed by atoms with van der Waals surface area (Å²) in [5.41, 5.74) is 5.73. The molecule has 0 N–H and O–H groups in total. The summed E-state index contributed by atoms with van der Waals surface area (Å²) in [6, 6.07) is 21.1. The van der Waals surface area contributed by atoms with E-state index in [1.807, 2.05) is 22.9 Å². The molecule has 4 nitrogen and oxygen atoms in total. The molecule has 4 heteroatoms. The van der Waals surface area contributed by atoms with E-state index in [9.17, 15) is 0 Å². The Labute approximate surface area is 154 Å². The average molecular weight is 342 g/mol. The normalized spacial score (nSPS) is 14.8. The Hall–Kier alpha value is -2.90. The molecule has 2 aromatic carbocycles. The lowest BCUT2D eigenvalue weighted by Crippen LogP contribution is -2.45. The van der Waals surface area contributed by atoms with E-state index >= 15 is 0 Å². The monoisotopic (exact) mass is 342 g/mol. The molecule has 1 fully saturated rings. The van der Waals surface area contributed by atoms with Gasteiger partial charge in [-0.3, -0.25) is 4.90 Å². The van der Waals surface area contributed by atoms with Gasteiger partial charge in [0.2, 0.25) is 0 Å². The standard InChI is InChI=1S/C22H22N4/c1-17-7-9-19(10-8-17)22-20(15-25-13-18(14-25)11-12-23)16-26(24-22)21-5-3-2-4-6-21/h2-10,16,18H,11,13-15H2,1H3. The van der Waals surface area contributed by atoms with Crippen LogP contribution in [0.5, 0.6) is 0 Å². The number of nitriles is 1. The van der Waals surface area contributed by atoms with Gasteiger partial charge in [0, 0.05) is 43.4 Å². The van der Waals surface area contributed by atoms with Gasteiger partial charge >= 0.3 is 0 Å². The highest BCUT2D eigenvalue weighted by molar-refractivity contribution is 5.63. The molecule has 0 atom stereocenters. The molecule has 0 amide bonds. The summed E-state index contributed by atoms with van der Waals surface area (Å²) in [6.45, 7) is 4.97. The van der Waals surface area contributed by atoms with E-state index in [2.05, 4.69) is 60.5 Å². The minimum atomic E-state index is 0.520. The van der Waals surface area contributed by atoms with Crippen LogP contribution in [-0.4, -0.2) is 27.8 Å². The average Bonchev–Trinajstić information content (AvgIpc) is 3.05. The molecule has 1 aromatic heterocycles. The molecule has 0 saturated carbocycles. The van der Waals surface area contributed by atoms with Crippen molar-refractivity contribution in [2.45, 2.75) is 19.9 Å². The third-order valence-corrected chi connectivity index (χ3v) is 4.94. The Morgan fingerprint density at radius 3 is 2.50 bits per heavy atom. The van der Waals surface area contributed by atoms with Crippen LogP contribution in [0.1, 0.15) is 17.5 Å². The number of aryl methyl sites for hydroxylation is 1. The van der Waals surface area contributed by atoms with Gasteiger partial charge in [0.25, 0.3) is 0 Å². The van der Waals surface area contributed by atoms with Gasteiger partial charge in [-0.05, 0) is 25.0 Å². The first-order valence-corrected chi connectivity index (χ1v) is 9.03. The summed E-state index contributed by atoms with van der Waals surface area (Å²) >= 11 is 0. The van der Waals surface area contributed by atoms with Crippen molar-refractivity contribution in [1.82, 2.24) is 14.7 Å². The molecule has 1 saturated heterocycles. The summed E-state index contributed by atoms with van der Waals surface area (Å²) < 4.78 is 1.97. The molecule has 0 aliphatic carbocycles. The quantitative estimate of drug-likeness (QED) is 0.698. The minimum absolute atomic E-state index is 0.520. The van der Waals surface area contributed by atoms with Crippen LogP contribution < -0.4 is 0 Å². The maximum absolute atomic E-state index is 8.84. The van der Waals surface area contributed by atoms with Crippen molar-refractivity contribution >= 4 is 0 Å². The van der Waals surface area contributed by atoms with E-state index in [0.717, 1.165) is 36.6 Å². The molecule has 2 heterocycles. The Morgan fingerprint density at radius 2 is 1.81 bits per heavy atom. The summed E-state index contributed by atoms with van der Waals surface area (Å²) in [5.74, 6) is 0.520. The molecule has 0 spiro atoms. The van der Waals surface area contributed by atoms with Crippen LogP contribution >= 0.6 is 0 Å². The van der Waals surface area contributed by atoms with Gasteiger partial charge in [-0.15, -0.1) is 0 Å². The van der Waals surface area contributed by atoms with E-state index < -0.39 is 0 Å². The fourth-order valence-electron chi connectivity index (χ4n) is 3.50. The summed E-state index contributed by atoms with van der Waals surface area (Å²) in [4.78, 5) is 2.39. The third-order valence-electron chi connectivity index (χ3n) is 4.94. The minimum Gasteiger partial charge on any atom is -0.298 e. The third kappa shape index (κ3) is 3.40. The first-order chi connectivity index (χ1) is 12.7. The maximum atomic E-state index is 8.84. The van der Waals surface area contributed by atoms with E-state index in [1.165, 1.54) is 11.1 Å². The van der Waals surface area contributed by atoms with Gasteiger partial charge < -0.3 is 0 Å². The van der Waals surface area contributed by atoms with Crippen molar-refractivity contribution in [3.63, 3.8) is 0 Å². The van der Waals surface area contributed by atoms with E-state index in [-0.39, 0.29) is 0 Å². The van der Waals surface area contributed by atoms with Gasteiger partial charge in [0.05, 0.1) is 17.5 Å². The highest BCUT2D eigenvalue weighted by Crippen LogP contribution is 2.28. The predicted octanol–water partition coefficient (Wildman–Crippen LogP) is 4.19. The number of para-hydroxylation sites is 1. The van der Waals surface area contributed by atoms with Crippen LogP contribution in [0.3, 0.4) is 0 Å². The number of likely N-dealkylation sites (tertiary alicyclic amines) is 1. The van der Waals surface area contributed by atoms with E-state index in [4.69, 9.17) is 10.4 Å². The number of nitrogens with zero attached hydrogens (tertiary/aromatic N) is 4. The molecule has 0 radical (unpaired) electrons. The van der Waals surface area contributed by atoms with Gasteiger partial charge in [-0.25, -0.2) is 4.68 Å². The second-order valence-corrected chi connectivity index (χ2v) is 7.07. The number of hydrogen-bond donors (Lipinski definition) is 0. The smallest absolute Gasteiger partial charge is 0.0972 e. The number of hydrogen-bond acceptors (Lipinski definition) is 3. The van der Waals surface area contributed by atoms with Crippen molar-refractivity contribution < 1.29 is 0 Å². The zero-order chi connectivity index (χ0) is 17.9. The summed E-state index contributed by atoms with van der Waals surface area (Å²) in [5, 5.41) is 13.7. The van der Waals surface area contributed by atoms with Crippen LogP contribution in [0.4, 0.5) is 0 Å². The van der Waals surface area contributed by atoms with Crippen molar-refractivity contribution in [3.05, 3.63) is 71.9 Å². The second kappa shape index (κ2) is 7.15. The summed E-state index contributed by atoms with van der Waals surface area (Å²) in [6.07, 6.45) is 2.80. The van der Waals surface area contributed by atoms with E-state index in [1.54, 1.807) is 0 Å². The lowest BCUT2D eigenvalue weighted by Gasteiger charge is -2.38. The van der Waals surface area contributed by atoms with Crippen molar-refractivity contribution in [2.75, 3.05) is 13.1 Å². The first kappa shape index (κ1) is 16.6. The predicted molar refractivity (Wildman–Crippen MR) is 103 cm³/mol. The fourth-order valence-corrected chi connectivity index (χ4v) is 3.50. The van der Waals surface area contributed by atoms with Gasteiger partial charge in [0.1, 0.15) is 0 Å². The molecule has 130 valence electrons. The molecule has 1 aliphatic heterocycles. The van der Waals surface area contributed by atoms with Crippen molar-refractivity contribution in [1.29, 1.82) is 5.26 Å². The largest absolute Gasteiger partial charge is 0.298 e. The van der Waals surface area contributed by atoms with Gasteiger partial charge in [0.15, 0.2) is 0 Å². The SMILES string of the molecule is Cc1ccc(-c2nn(-c3ccccc3)cc2CN2CC(CC#N)C2)cc1. The topological polar surface area (TPSA) is 44.9 Å². The molecule has 26 heavy (non-hydrogen) atoms. The summed E-state index contributed by atoms with van der Waals surface area (Å²) in [7, 11) is 0. The van der Waals surface area contributed by atoms with Gasteiger partial charge in [-0.2, -0.15) is 10.4 Å². The Morgan fingerprint density at radius 1 is 1.08 bits per heavy atom.